The molecular weight excluding hydrogens is 264 g/mol. The van der Waals surface area contributed by atoms with Gasteiger partial charge in [0, 0.05) is 11.6 Å². The van der Waals surface area contributed by atoms with Gasteiger partial charge in [0.1, 0.15) is 17.0 Å². The number of amides is 1. The first-order chi connectivity index (χ1) is 9.80. The van der Waals surface area contributed by atoms with Crippen LogP contribution in [0.15, 0.2) is 34.9 Å². The van der Waals surface area contributed by atoms with Crippen molar-refractivity contribution >= 4 is 5.91 Å². The highest BCUT2D eigenvalue weighted by atomic mass is 16.5. The number of aryl methyl sites for hydroxylation is 1. The van der Waals surface area contributed by atoms with Crippen LogP contribution in [0.25, 0.3) is 11.3 Å². The summed E-state index contributed by atoms with van der Waals surface area (Å²) in [6, 6.07) is 9.64. The number of benzene rings is 1. The van der Waals surface area contributed by atoms with Gasteiger partial charge in [0.25, 0.3) is 5.91 Å². The highest BCUT2D eigenvalue weighted by Crippen LogP contribution is 2.26. The molecule has 4 nitrogen and oxygen atoms in total. The molecule has 2 aromatic rings. The highest BCUT2D eigenvalue weighted by molar-refractivity contribution is 6.00. The fourth-order valence-electron chi connectivity index (χ4n) is 1.92. The molecule has 0 unspecified atom stereocenters. The van der Waals surface area contributed by atoms with Crippen LogP contribution in [0.4, 0.5) is 0 Å². The Balaban J connectivity index is 2.32. The molecule has 112 valence electrons. The van der Waals surface area contributed by atoms with Crippen LogP contribution >= 0.6 is 0 Å². The predicted octanol–water partition coefficient (Wildman–Crippen LogP) is 3.81. The molecule has 0 fully saturated rings. The summed E-state index contributed by atoms with van der Waals surface area (Å²) < 4.78 is 5.23. The molecule has 1 heterocycles. The van der Waals surface area contributed by atoms with E-state index in [-0.39, 0.29) is 17.4 Å². The van der Waals surface area contributed by atoms with Gasteiger partial charge in [-0.05, 0) is 19.3 Å². The van der Waals surface area contributed by atoms with Gasteiger partial charge in [-0.2, -0.15) is 0 Å². The van der Waals surface area contributed by atoms with Crippen LogP contribution in [0, 0.1) is 12.3 Å². The van der Waals surface area contributed by atoms with Gasteiger partial charge in [0.15, 0.2) is 0 Å². The van der Waals surface area contributed by atoms with Gasteiger partial charge in [-0.1, -0.05) is 56.3 Å². The molecule has 0 saturated heterocycles. The lowest BCUT2D eigenvalue weighted by atomic mass is 9.88. The summed E-state index contributed by atoms with van der Waals surface area (Å²) in [5, 5.41) is 7.07. The second kappa shape index (κ2) is 5.72. The Morgan fingerprint density at radius 2 is 1.86 bits per heavy atom. The van der Waals surface area contributed by atoms with Crippen LogP contribution < -0.4 is 5.32 Å². The number of nitrogens with zero attached hydrogens (tertiary/aromatic N) is 1. The number of carbonyl (C=O) groups is 1. The average Bonchev–Trinajstić information content (AvgIpc) is 2.80. The molecule has 0 radical (unpaired) electrons. The molecule has 1 atom stereocenters. The van der Waals surface area contributed by atoms with E-state index in [9.17, 15) is 4.79 Å². The molecule has 1 aromatic carbocycles. The predicted molar refractivity (Wildman–Crippen MR) is 83.1 cm³/mol. The molecule has 2 rings (SSSR count). The molecule has 0 aliphatic carbocycles. The molecule has 21 heavy (non-hydrogen) atoms. The van der Waals surface area contributed by atoms with E-state index in [1.54, 1.807) is 6.92 Å². The minimum Gasteiger partial charge on any atom is -0.360 e. The maximum absolute atomic E-state index is 12.6. The summed E-state index contributed by atoms with van der Waals surface area (Å²) in [7, 11) is 0. The Morgan fingerprint density at radius 3 is 2.43 bits per heavy atom. The van der Waals surface area contributed by atoms with Crippen molar-refractivity contribution in [2.75, 3.05) is 0 Å². The van der Waals surface area contributed by atoms with Crippen LogP contribution in [0.3, 0.4) is 0 Å². The fourth-order valence-corrected chi connectivity index (χ4v) is 1.92. The van der Waals surface area contributed by atoms with Crippen molar-refractivity contribution in [3.8, 4) is 11.3 Å². The Morgan fingerprint density at radius 1 is 1.24 bits per heavy atom. The maximum atomic E-state index is 12.6. The zero-order chi connectivity index (χ0) is 15.6. The Kier molecular flexibility index (Phi) is 4.16. The summed E-state index contributed by atoms with van der Waals surface area (Å²) in [6.45, 7) is 10.0. The third-order valence-corrected chi connectivity index (χ3v) is 3.78. The van der Waals surface area contributed by atoms with Crippen molar-refractivity contribution < 1.29 is 9.32 Å². The molecule has 1 aromatic heterocycles. The van der Waals surface area contributed by atoms with E-state index in [1.165, 1.54) is 0 Å². The first kappa shape index (κ1) is 15.3. The Bertz CT molecular complexity index is 624. The van der Waals surface area contributed by atoms with E-state index in [1.807, 2.05) is 37.3 Å². The van der Waals surface area contributed by atoms with E-state index < -0.39 is 0 Å². The summed E-state index contributed by atoms with van der Waals surface area (Å²) in [5.74, 6) is 0.391. The van der Waals surface area contributed by atoms with Gasteiger partial charge >= 0.3 is 0 Å². The van der Waals surface area contributed by atoms with Crippen molar-refractivity contribution in [1.29, 1.82) is 0 Å². The van der Waals surface area contributed by atoms with Gasteiger partial charge in [-0.25, -0.2) is 0 Å². The molecule has 0 saturated carbocycles. The van der Waals surface area contributed by atoms with Crippen LogP contribution in [0.5, 0.6) is 0 Å². The second-order valence-electron chi connectivity index (χ2n) is 6.39. The van der Waals surface area contributed by atoms with Crippen molar-refractivity contribution in [3.05, 3.63) is 41.7 Å². The maximum Gasteiger partial charge on any atom is 0.257 e. The SMILES string of the molecule is Cc1onc(-c2ccccc2)c1C(=O)N[C@@H](C)C(C)(C)C. The number of hydrogen-bond donors (Lipinski definition) is 1. The average molecular weight is 286 g/mol. The minimum atomic E-state index is -0.143. The second-order valence-corrected chi connectivity index (χ2v) is 6.39. The van der Waals surface area contributed by atoms with Gasteiger partial charge in [-0.15, -0.1) is 0 Å². The number of nitrogens with one attached hydrogen (secondary N) is 1. The third kappa shape index (κ3) is 3.32. The minimum absolute atomic E-state index is 0.00631. The standard InChI is InChI=1S/C17H22N2O2/c1-11-14(16(20)18-12(2)17(3,4)5)15(19-21-11)13-9-7-6-8-10-13/h6-10,12H,1-5H3,(H,18,20)/t12-/m0/s1. The summed E-state index contributed by atoms with van der Waals surface area (Å²) in [6.07, 6.45) is 0. The Labute approximate surface area is 125 Å². The molecule has 4 heteroatoms. The molecular formula is C17H22N2O2. The smallest absolute Gasteiger partial charge is 0.257 e. The summed E-state index contributed by atoms with van der Waals surface area (Å²) >= 11 is 0. The topological polar surface area (TPSA) is 55.1 Å². The largest absolute Gasteiger partial charge is 0.360 e. The third-order valence-electron chi connectivity index (χ3n) is 3.78. The quantitative estimate of drug-likeness (QED) is 0.933. The van der Waals surface area contributed by atoms with Crippen LogP contribution in [-0.4, -0.2) is 17.1 Å². The van der Waals surface area contributed by atoms with E-state index in [2.05, 4.69) is 31.2 Å². The fraction of sp³-hybridized carbons (Fsp3) is 0.412. The van der Waals surface area contributed by atoms with E-state index in [0.29, 0.717) is 17.0 Å². The van der Waals surface area contributed by atoms with E-state index in [4.69, 9.17) is 4.52 Å². The number of aromatic nitrogens is 1. The number of carbonyl (C=O) groups excluding carboxylic acids is 1. The molecule has 0 aliphatic rings. The highest BCUT2D eigenvalue weighted by Gasteiger charge is 2.26. The lowest BCUT2D eigenvalue weighted by Crippen LogP contribution is -2.41. The molecule has 0 spiro atoms. The van der Waals surface area contributed by atoms with E-state index in [0.717, 1.165) is 5.56 Å². The molecule has 1 N–H and O–H groups in total. The van der Waals surface area contributed by atoms with Crippen molar-refractivity contribution in [1.82, 2.24) is 10.5 Å². The van der Waals surface area contributed by atoms with Crippen molar-refractivity contribution in [3.63, 3.8) is 0 Å². The zero-order valence-corrected chi connectivity index (χ0v) is 13.2. The van der Waals surface area contributed by atoms with E-state index >= 15 is 0 Å². The summed E-state index contributed by atoms with van der Waals surface area (Å²) in [5.41, 5.74) is 1.97. The number of rotatable bonds is 3. The summed E-state index contributed by atoms with van der Waals surface area (Å²) in [4.78, 5) is 12.6. The molecule has 1 amide bonds. The van der Waals surface area contributed by atoms with Crippen LogP contribution in [-0.2, 0) is 0 Å². The first-order valence-electron chi connectivity index (χ1n) is 7.13. The first-order valence-corrected chi connectivity index (χ1v) is 7.13. The van der Waals surface area contributed by atoms with Crippen molar-refractivity contribution in [2.24, 2.45) is 5.41 Å². The van der Waals surface area contributed by atoms with Crippen LogP contribution in [0.1, 0.15) is 43.8 Å². The normalized spacial score (nSPS) is 13.0. The van der Waals surface area contributed by atoms with Gasteiger partial charge in [0.05, 0.1) is 0 Å². The van der Waals surface area contributed by atoms with Gasteiger partial charge < -0.3 is 9.84 Å². The zero-order valence-electron chi connectivity index (χ0n) is 13.2. The molecule has 0 bridgehead atoms. The van der Waals surface area contributed by atoms with Gasteiger partial charge in [-0.3, -0.25) is 4.79 Å². The molecule has 0 aliphatic heterocycles. The Hall–Kier alpha value is -2.10. The lowest BCUT2D eigenvalue weighted by Gasteiger charge is -2.28. The van der Waals surface area contributed by atoms with Crippen molar-refractivity contribution in [2.45, 2.75) is 40.7 Å². The van der Waals surface area contributed by atoms with Crippen LogP contribution in [0.2, 0.25) is 0 Å². The number of hydrogen-bond acceptors (Lipinski definition) is 3. The monoisotopic (exact) mass is 286 g/mol. The van der Waals surface area contributed by atoms with Gasteiger partial charge in [0.2, 0.25) is 0 Å². The lowest BCUT2D eigenvalue weighted by molar-refractivity contribution is 0.0909.